The Bertz CT molecular complexity index is 2120. The number of imidazole rings is 1. The number of aromatic nitrogens is 7. The number of fused-ring (bicyclic) bond motifs is 1. The maximum Gasteiger partial charge on any atom is 0.234 e. The van der Waals surface area contributed by atoms with Crippen molar-refractivity contribution in [2.45, 2.75) is 25.4 Å². The molecular weight excluding hydrogens is 576 g/mol. The van der Waals surface area contributed by atoms with E-state index in [1.807, 2.05) is 41.0 Å². The summed E-state index contributed by atoms with van der Waals surface area (Å²) < 4.78 is 1.99. The van der Waals surface area contributed by atoms with Gasteiger partial charge in [-0.3, -0.25) is 9.47 Å². The highest BCUT2D eigenvalue weighted by molar-refractivity contribution is 5.84. The number of benzene rings is 1. The molecule has 0 unspecified atom stereocenters. The summed E-state index contributed by atoms with van der Waals surface area (Å²) in [5.41, 5.74) is 12.0. The number of pyridine rings is 3. The molecule has 6 aromatic rings. The number of hydrogen-bond donors (Lipinski definition) is 2. The monoisotopic (exact) mass is 604 g/mol. The summed E-state index contributed by atoms with van der Waals surface area (Å²) >= 11 is 0. The predicted molar refractivity (Wildman–Crippen MR) is 173 cm³/mol. The Hall–Kier alpha value is -6.24. The molecule has 0 amide bonds. The summed E-state index contributed by atoms with van der Waals surface area (Å²) in [6.07, 6.45) is 5.21. The van der Waals surface area contributed by atoms with Gasteiger partial charge in [0.1, 0.15) is 35.0 Å². The minimum Gasteiger partial charge on any atom is -0.383 e. The third kappa shape index (κ3) is 5.80. The van der Waals surface area contributed by atoms with Crippen LogP contribution in [-0.4, -0.2) is 58.5 Å². The maximum absolute atomic E-state index is 9.35. The molecule has 0 saturated carbocycles. The van der Waals surface area contributed by atoms with Crippen molar-refractivity contribution in [3.63, 3.8) is 0 Å². The lowest BCUT2D eigenvalue weighted by atomic mass is 10.0. The van der Waals surface area contributed by atoms with Gasteiger partial charge in [-0.05, 0) is 73.0 Å². The van der Waals surface area contributed by atoms with Gasteiger partial charge >= 0.3 is 0 Å². The lowest BCUT2D eigenvalue weighted by Gasteiger charge is -2.32. The zero-order chi connectivity index (χ0) is 31.5. The van der Waals surface area contributed by atoms with Crippen LogP contribution in [0, 0.1) is 22.7 Å². The highest BCUT2D eigenvalue weighted by Crippen LogP contribution is 2.32. The molecule has 0 bridgehead atoms. The third-order valence-corrected chi connectivity index (χ3v) is 8.01. The number of anilines is 2. The maximum atomic E-state index is 9.35. The van der Waals surface area contributed by atoms with Crippen LogP contribution >= 0.6 is 0 Å². The summed E-state index contributed by atoms with van der Waals surface area (Å²) in [4.78, 5) is 29.3. The molecule has 1 saturated heterocycles. The zero-order valence-electron chi connectivity index (χ0n) is 24.7. The van der Waals surface area contributed by atoms with Crippen molar-refractivity contribution in [1.82, 2.24) is 39.4 Å². The van der Waals surface area contributed by atoms with E-state index in [0.717, 1.165) is 38.2 Å². The van der Waals surface area contributed by atoms with Crippen LogP contribution in [0.15, 0.2) is 85.2 Å². The molecule has 224 valence electrons. The van der Waals surface area contributed by atoms with E-state index in [4.69, 9.17) is 21.0 Å². The molecule has 1 aliphatic heterocycles. The van der Waals surface area contributed by atoms with Gasteiger partial charge in [-0.1, -0.05) is 18.2 Å². The van der Waals surface area contributed by atoms with E-state index < -0.39 is 0 Å². The van der Waals surface area contributed by atoms with Crippen LogP contribution in [0.2, 0.25) is 0 Å². The fourth-order valence-electron chi connectivity index (χ4n) is 5.72. The molecule has 3 N–H and O–H groups in total. The van der Waals surface area contributed by atoms with Crippen molar-refractivity contribution in [1.29, 1.82) is 10.5 Å². The first kappa shape index (κ1) is 28.5. The molecule has 0 atom stereocenters. The SMILES string of the molecule is N#Cc1cccc(-c2ccc3nc(-c4cccnc4N)n(-c4ccc(CN5CCC(Nc6ccnc(C#N)n6)CC5)cc4)c3n2)n1. The second-order valence-corrected chi connectivity index (χ2v) is 11.0. The van der Waals surface area contributed by atoms with E-state index >= 15 is 0 Å². The van der Waals surface area contributed by atoms with Crippen molar-refractivity contribution in [3.05, 3.63) is 102 Å². The second kappa shape index (κ2) is 12.4. The molecule has 6 heterocycles. The quantitative estimate of drug-likeness (QED) is 0.258. The van der Waals surface area contributed by atoms with Crippen LogP contribution in [0.25, 0.3) is 39.6 Å². The van der Waals surface area contributed by atoms with E-state index in [0.29, 0.717) is 57.3 Å². The molecule has 12 heteroatoms. The lowest BCUT2D eigenvalue weighted by molar-refractivity contribution is 0.211. The Morgan fingerprint density at radius 2 is 1.63 bits per heavy atom. The average Bonchev–Trinajstić information content (AvgIpc) is 3.48. The second-order valence-electron chi connectivity index (χ2n) is 11.0. The van der Waals surface area contributed by atoms with Crippen LogP contribution in [0.3, 0.4) is 0 Å². The Morgan fingerprint density at radius 1 is 0.804 bits per heavy atom. The Balaban J connectivity index is 1.14. The molecule has 5 aromatic heterocycles. The third-order valence-electron chi connectivity index (χ3n) is 8.01. The lowest BCUT2D eigenvalue weighted by Crippen LogP contribution is -2.38. The van der Waals surface area contributed by atoms with Crippen molar-refractivity contribution >= 4 is 22.8 Å². The summed E-state index contributed by atoms with van der Waals surface area (Å²) in [7, 11) is 0. The Morgan fingerprint density at radius 3 is 2.41 bits per heavy atom. The van der Waals surface area contributed by atoms with E-state index in [-0.39, 0.29) is 5.82 Å². The van der Waals surface area contributed by atoms with E-state index in [9.17, 15) is 5.26 Å². The van der Waals surface area contributed by atoms with Crippen molar-refractivity contribution in [2.24, 2.45) is 0 Å². The molecule has 0 radical (unpaired) electrons. The van der Waals surface area contributed by atoms with Gasteiger partial charge in [0.15, 0.2) is 11.5 Å². The van der Waals surface area contributed by atoms with Gasteiger partial charge in [0.2, 0.25) is 5.82 Å². The number of nitrogen functional groups attached to an aromatic ring is 1. The van der Waals surface area contributed by atoms with E-state index in [1.165, 1.54) is 5.56 Å². The van der Waals surface area contributed by atoms with Crippen molar-refractivity contribution in [3.8, 4) is 40.6 Å². The topological polar surface area (TPSA) is 171 Å². The molecule has 0 spiro atoms. The standard InChI is InChI=1S/C34H28N12/c35-19-24-3-1-5-27(40-24)28-10-11-29-34(42-28)46(33(43-29)26-4-2-15-39-32(26)37)25-8-6-22(7-9-25)21-45-17-13-23(14-18-45)41-30-12-16-38-31(20-36)44-30/h1-12,15-16,23H,13-14,17-18,21H2,(H2,37,39)(H,38,41,44). The van der Waals surface area contributed by atoms with Crippen molar-refractivity contribution < 1.29 is 0 Å². The number of nitriles is 2. The number of nitrogens with one attached hydrogen (secondary N) is 1. The largest absolute Gasteiger partial charge is 0.383 e. The fraction of sp³-hybridized carbons (Fsp3) is 0.176. The first-order valence-corrected chi connectivity index (χ1v) is 14.9. The average molecular weight is 605 g/mol. The number of rotatable bonds is 7. The van der Waals surface area contributed by atoms with Crippen LogP contribution in [0.5, 0.6) is 0 Å². The normalized spacial score (nSPS) is 13.7. The summed E-state index contributed by atoms with van der Waals surface area (Å²) in [5.74, 6) is 1.87. The number of piperidine rings is 1. The summed E-state index contributed by atoms with van der Waals surface area (Å²) in [5, 5.41) is 21.9. The van der Waals surface area contributed by atoms with Gasteiger partial charge in [-0.25, -0.2) is 29.9 Å². The minimum absolute atomic E-state index is 0.171. The number of nitrogens with zero attached hydrogens (tertiary/aromatic N) is 10. The Labute approximate surface area is 264 Å². The fourth-order valence-corrected chi connectivity index (χ4v) is 5.72. The minimum atomic E-state index is 0.171. The van der Waals surface area contributed by atoms with Gasteiger partial charge in [0, 0.05) is 43.8 Å². The number of nitrogens with two attached hydrogens (primary N) is 1. The van der Waals surface area contributed by atoms with Gasteiger partial charge in [0.05, 0.1) is 17.0 Å². The van der Waals surface area contributed by atoms with E-state index in [1.54, 1.807) is 30.6 Å². The molecular formula is C34H28N12. The highest BCUT2D eigenvalue weighted by Gasteiger charge is 2.21. The van der Waals surface area contributed by atoms with Gasteiger partial charge in [0.25, 0.3) is 0 Å². The number of likely N-dealkylation sites (tertiary alicyclic amines) is 1. The summed E-state index contributed by atoms with van der Waals surface area (Å²) in [6.45, 7) is 2.72. The molecule has 1 fully saturated rings. The van der Waals surface area contributed by atoms with Gasteiger partial charge in [-0.15, -0.1) is 0 Å². The van der Waals surface area contributed by atoms with Crippen LogP contribution < -0.4 is 11.1 Å². The van der Waals surface area contributed by atoms with Gasteiger partial charge < -0.3 is 11.1 Å². The highest BCUT2D eigenvalue weighted by atomic mass is 15.2. The smallest absolute Gasteiger partial charge is 0.234 e. The molecule has 12 nitrogen and oxygen atoms in total. The van der Waals surface area contributed by atoms with Crippen molar-refractivity contribution in [2.75, 3.05) is 24.1 Å². The van der Waals surface area contributed by atoms with Crippen LogP contribution in [-0.2, 0) is 6.54 Å². The molecule has 7 rings (SSSR count). The molecule has 1 aromatic carbocycles. The molecule has 0 aliphatic carbocycles. The Kier molecular flexibility index (Phi) is 7.69. The molecule has 1 aliphatic rings. The van der Waals surface area contributed by atoms with Gasteiger partial charge in [-0.2, -0.15) is 10.5 Å². The zero-order valence-corrected chi connectivity index (χ0v) is 24.7. The summed E-state index contributed by atoms with van der Waals surface area (Å²) in [6, 6.07) is 27.4. The predicted octanol–water partition coefficient (Wildman–Crippen LogP) is 4.74. The first-order valence-electron chi connectivity index (χ1n) is 14.9. The van der Waals surface area contributed by atoms with Crippen LogP contribution in [0.4, 0.5) is 11.6 Å². The molecule has 46 heavy (non-hydrogen) atoms. The van der Waals surface area contributed by atoms with Crippen LogP contribution in [0.1, 0.15) is 29.9 Å². The first-order chi connectivity index (χ1) is 22.6. The number of hydrogen-bond acceptors (Lipinski definition) is 11. The van der Waals surface area contributed by atoms with E-state index in [2.05, 4.69) is 60.5 Å².